The maximum Gasteiger partial charge on any atom is 0.269 e. The highest BCUT2D eigenvalue weighted by atomic mass is 32.1. The van der Waals surface area contributed by atoms with Crippen LogP contribution in [-0.4, -0.2) is 9.91 Å². The quantitative estimate of drug-likeness (QED) is 0.633. The van der Waals surface area contributed by atoms with Crippen LogP contribution in [0.1, 0.15) is 18.9 Å². The smallest absolute Gasteiger partial charge is 0.258 e. The van der Waals surface area contributed by atoms with Crippen LogP contribution in [0.3, 0.4) is 0 Å². The molecule has 0 aliphatic carbocycles. The van der Waals surface area contributed by atoms with Crippen LogP contribution in [-0.2, 0) is 5.41 Å². The molecule has 0 N–H and O–H groups in total. The van der Waals surface area contributed by atoms with Crippen LogP contribution in [0.25, 0.3) is 11.3 Å². The molecule has 19 heavy (non-hydrogen) atoms. The predicted molar refractivity (Wildman–Crippen MR) is 72.8 cm³/mol. The lowest BCUT2D eigenvalue weighted by atomic mass is 9.97. The largest absolute Gasteiger partial charge is 0.269 e. The number of hydrogen-bond acceptors (Lipinski definition) is 5. The van der Waals surface area contributed by atoms with E-state index >= 15 is 0 Å². The third-order valence-electron chi connectivity index (χ3n) is 2.69. The lowest BCUT2D eigenvalue weighted by Crippen LogP contribution is -2.13. The van der Waals surface area contributed by atoms with Crippen LogP contribution in [0.15, 0.2) is 29.6 Å². The van der Waals surface area contributed by atoms with E-state index in [0.29, 0.717) is 0 Å². The van der Waals surface area contributed by atoms with Crippen molar-refractivity contribution in [2.45, 2.75) is 19.3 Å². The fourth-order valence-electron chi connectivity index (χ4n) is 1.50. The van der Waals surface area contributed by atoms with Crippen molar-refractivity contribution in [2.75, 3.05) is 0 Å². The molecule has 5 nitrogen and oxygen atoms in total. The zero-order valence-electron chi connectivity index (χ0n) is 10.5. The molecule has 1 aromatic carbocycles. The molecule has 0 saturated carbocycles. The van der Waals surface area contributed by atoms with Crippen molar-refractivity contribution in [2.24, 2.45) is 0 Å². The maximum atomic E-state index is 10.6. The first-order valence-electron chi connectivity index (χ1n) is 5.56. The SMILES string of the molecule is CC(C)(C#N)c1nc(-c2ccc([N+](=O)[O-])cc2)cs1. The number of benzene rings is 1. The molecule has 0 spiro atoms. The molecule has 96 valence electrons. The van der Waals surface area contributed by atoms with E-state index < -0.39 is 10.3 Å². The number of nitriles is 1. The van der Waals surface area contributed by atoms with Gasteiger partial charge in [-0.05, 0) is 26.0 Å². The Balaban J connectivity index is 2.34. The summed E-state index contributed by atoms with van der Waals surface area (Å²) in [5.74, 6) is 0. The summed E-state index contributed by atoms with van der Waals surface area (Å²) < 4.78 is 0. The predicted octanol–water partition coefficient (Wildman–Crippen LogP) is 3.52. The Morgan fingerprint density at radius 2 is 2.00 bits per heavy atom. The first kappa shape index (κ1) is 13.2. The zero-order chi connectivity index (χ0) is 14.0. The second-order valence-electron chi connectivity index (χ2n) is 4.58. The molecule has 2 aromatic rings. The summed E-state index contributed by atoms with van der Waals surface area (Å²) in [6.07, 6.45) is 0. The monoisotopic (exact) mass is 273 g/mol. The van der Waals surface area contributed by atoms with Crippen molar-refractivity contribution in [3.8, 4) is 17.3 Å². The minimum Gasteiger partial charge on any atom is -0.258 e. The summed E-state index contributed by atoms with van der Waals surface area (Å²) in [4.78, 5) is 14.6. The van der Waals surface area contributed by atoms with E-state index in [1.54, 1.807) is 12.1 Å². The molecule has 2 rings (SSSR count). The second kappa shape index (κ2) is 4.78. The zero-order valence-corrected chi connectivity index (χ0v) is 11.3. The van der Waals surface area contributed by atoms with Gasteiger partial charge in [0.2, 0.25) is 0 Å². The average molecular weight is 273 g/mol. The molecular weight excluding hydrogens is 262 g/mol. The first-order valence-corrected chi connectivity index (χ1v) is 6.44. The number of rotatable bonds is 3. The first-order chi connectivity index (χ1) is 8.94. The van der Waals surface area contributed by atoms with Crippen molar-refractivity contribution in [3.63, 3.8) is 0 Å². The normalized spacial score (nSPS) is 11.0. The Labute approximate surface area is 114 Å². The van der Waals surface area contributed by atoms with Gasteiger partial charge in [0.05, 0.1) is 16.7 Å². The van der Waals surface area contributed by atoms with E-state index in [0.717, 1.165) is 16.3 Å². The Hall–Kier alpha value is -2.26. The van der Waals surface area contributed by atoms with E-state index in [9.17, 15) is 10.1 Å². The topological polar surface area (TPSA) is 79.8 Å². The summed E-state index contributed by atoms with van der Waals surface area (Å²) in [6.45, 7) is 3.62. The highest BCUT2D eigenvalue weighted by Gasteiger charge is 2.24. The summed E-state index contributed by atoms with van der Waals surface area (Å²) in [5, 5.41) is 22.2. The number of non-ortho nitro benzene ring substituents is 1. The van der Waals surface area contributed by atoms with Gasteiger partial charge in [0.1, 0.15) is 10.4 Å². The molecule has 1 heterocycles. The van der Waals surface area contributed by atoms with E-state index in [1.807, 2.05) is 19.2 Å². The molecule has 0 fully saturated rings. The number of thiazole rings is 1. The summed E-state index contributed by atoms with van der Waals surface area (Å²) in [6, 6.07) is 8.43. The summed E-state index contributed by atoms with van der Waals surface area (Å²) in [7, 11) is 0. The summed E-state index contributed by atoms with van der Waals surface area (Å²) in [5.41, 5.74) is 0.973. The molecule has 0 aliphatic heterocycles. The van der Waals surface area contributed by atoms with Gasteiger partial charge in [0.25, 0.3) is 5.69 Å². The lowest BCUT2D eigenvalue weighted by molar-refractivity contribution is -0.384. The Morgan fingerprint density at radius 3 is 2.53 bits per heavy atom. The average Bonchev–Trinajstić information content (AvgIpc) is 2.89. The van der Waals surface area contributed by atoms with Crippen molar-refractivity contribution in [3.05, 3.63) is 44.8 Å². The minimum absolute atomic E-state index is 0.0524. The van der Waals surface area contributed by atoms with Crippen LogP contribution in [0, 0.1) is 21.4 Å². The second-order valence-corrected chi connectivity index (χ2v) is 5.44. The third-order valence-corrected chi connectivity index (χ3v) is 3.86. The highest BCUT2D eigenvalue weighted by molar-refractivity contribution is 7.10. The van der Waals surface area contributed by atoms with Gasteiger partial charge in [-0.2, -0.15) is 5.26 Å². The van der Waals surface area contributed by atoms with Gasteiger partial charge in [-0.3, -0.25) is 10.1 Å². The fourth-order valence-corrected chi connectivity index (χ4v) is 2.40. The number of hydrogen-bond donors (Lipinski definition) is 0. The van der Waals surface area contributed by atoms with E-state index in [-0.39, 0.29) is 5.69 Å². The van der Waals surface area contributed by atoms with Crippen molar-refractivity contribution >= 4 is 17.0 Å². The van der Waals surface area contributed by atoms with Crippen molar-refractivity contribution in [1.29, 1.82) is 5.26 Å². The molecule has 0 unspecified atom stereocenters. The van der Waals surface area contributed by atoms with Crippen LogP contribution in [0.2, 0.25) is 0 Å². The molecule has 0 aliphatic rings. The number of nitrogens with zero attached hydrogens (tertiary/aromatic N) is 3. The fraction of sp³-hybridized carbons (Fsp3) is 0.231. The standard InChI is InChI=1S/C13H11N3O2S/c1-13(2,8-14)12-15-11(7-19-12)9-3-5-10(6-4-9)16(17)18/h3-7H,1-2H3. The highest BCUT2D eigenvalue weighted by Crippen LogP contribution is 2.30. The molecule has 0 radical (unpaired) electrons. The van der Waals surface area contributed by atoms with Gasteiger partial charge in [0.15, 0.2) is 0 Å². The molecule has 0 amide bonds. The van der Waals surface area contributed by atoms with Crippen LogP contribution in [0.4, 0.5) is 5.69 Å². The van der Waals surface area contributed by atoms with Crippen molar-refractivity contribution in [1.82, 2.24) is 4.98 Å². The maximum absolute atomic E-state index is 10.6. The van der Waals surface area contributed by atoms with Gasteiger partial charge in [-0.15, -0.1) is 11.3 Å². The molecule has 0 atom stereocenters. The van der Waals surface area contributed by atoms with Crippen LogP contribution in [0.5, 0.6) is 0 Å². The number of aromatic nitrogens is 1. The van der Waals surface area contributed by atoms with Gasteiger partial charge < -0.3 is 0 Å². The van der Waals surface area contributed by atoms with Crippen LogP contribution >= 0.6 is 11.3 Å². The van der Waals surface area contributed by atoms with Gasteiger partial charge >= 0.3 is 0 Å². The van der Waals surface area contributed by atoms with Gasteiger partial charge in [-0.1, -0.05) is 0 Å². The lowest BCUT2D eigenvalue weighted by Gasteiger charge is -2.09. The van der Waals surface area contributed by atoms with E-state index in [4.69, 9.17) is 5.26 Å². The number of nitro benzene ring substituents is 1. The third kappa shape index (κ3) is 2.61. The van der Waals surface area contributed by atoms with E-state index in [2.05, 4.69) is 11.1 Å². The number of nitro groups is 1. The van der Waals surface area contributed by atoms with E-state index in [1.165, 1.54) is 23.5 Å². The van der Waals surface area contributed by atoms with Crippen molar-refractivity contribution < 1.29 is 4.92 Å². The van der Waals surface area contributed by atoms with Crippen LogP contribution < -0.4 is 0 Å². The Kier molecular flexibility index (Phi) is 3.32. The molecule has 0 bridgehead atoms. The molecule has 1 aromatic heterocycles. The molecular formula is C13H11N3O2S. The van der Waals surface area contributed by atoms with Gasteiger partial charge in [0, 0.05) is 23.1 Å². The Bertz CT molecular complexity index is 653. The molecule has 0 saturated heterocycles. The summed E-state index contributed by atoms with van der Waals surface area (Å²) >= 11 is 1.42. The minimum atomic E-state index is -0.621. The molecule has 6 heteroatoms. The van der Waals surface area contributed by atoms with Gasteiger partial charge in [-0.25, -0.2) is 4.98 Å². The Morgan fingerprint density at radius 1 is 1.37 bits per heavy atom.